The van der Waals surface area contributed by atoms with Crippen LogP contribution in [0.25, 0.3) is 0 Å². The molecule has 1 unspecified atom stereocenters. The van der Waals surface area contributed by atoms with Crippen molar-refractivity contribution in [3.05, 3.63) is 0 Å². The third-order valence-electron chi connectivity index (χ3n) is 4.11. The molecule has 1 aliphatic rings. The van der Waals surface area contributed by atoms with Crippen molar-refractivity contribution >= 4 is 23.9 Å². The summed E-state index contributed by atoms with van der Waals surface area (Å²) in [4.78, 5) is 46.7. The van der Waals surface area contributed by atoms with E-state index in [4.69, 9.17) is 26.2 Å². The van der Waals surface area contributed by atoms with E-state index in [-0.39, 0.29) is 12.5 Å². The average molecular weight is 361 g/mol. The van der Waals surface area contributed by atoms with E-state index >= 15 is 0 Å². The maximum atomic E-state index is 11.1. The highest BCUT2D eigenvalue weighted by Gasteiger charge is 2.39. The van der Waals surface area contributed by atoms with Crippen LogP contribution in [-0.2, 0) is 19.2 Å². The lowest BCUT2D eigenvalue weighted by molar-refractivity contribution is -0.149. The third-order valence-corrected chi connectivity index (χ3v) is 4.11. The molecule has 11 heteroatoms. The number of aliphatic carboxylic acids is 4. The Hall–Kier alpha value is -2.24. The summed E-state index contributed by atoms with van der Waals surface area (Å²) in [6, 6.07) is -1.59. The van der Waals surface area contributed by atoms with E-state index in [9.17, 15) is 19.2 Å². The molecule has 0 heterocycles. The monoisotopic (exact) mass is 361 g/mol. The van der Waals surface area contributed by atoms with Crippen LogP contribution < -0.4 is 5.73 Å². The second-order valence-corrected chi connectivity index (χ2v) is 6.09. The largest absolute Gasteiger partial charge is 0.480 e. The first-order chi connectivity index (χ1) is 11.6. The van der Waals surface area contributed by atoms with Crippen molar-refractivity contribution in [1.82, 2.24) is 9.80 Å². The summed E-state index contributed by atoms with van der Waals surface area (Å²) in [6.45, 7) is -2.21. The van der Waals surface area contributed by atoms with Crippen molar-refractivity contribution in [3.8, 4) is 0 Å². The van der Waals surface area contributed by atoms with Crippen LogP contribution in [0.2, 0.25) is 0 Å². The Balaban J connectivity index is 3.11. The fourth-order valence-corrected chi connectivity index (χ4v) is 3.26. The van der Waals surface area contributed by atoms with Gasteiger partial charge in [0.25, 0.3) is 0 Å². The summed E-state index contributed by atoms with van der Waals surface area (Å²) < 4.78 is 0. The molecule has 0 aromatic rings. The van der Waals surface area contributed by atoms with Gasteiger partial charge in [-0.1, -0.05) is 0 Å². The molecule has 0 spiro atoms. The molecule has 3 atom stereocenters. The highest BCUT2D eigenvalue weighted by Crippen LogP contribution is 2.27. The van der Waals surface area contributed by atoms with Crippen molar-refractivity contribution < 1.29 is 39.6 Å². The third kappa shape index (κ3) is 7.03. The lowest BCUT2D eigenvalue weighted by Gasteiger charge is -2.45. The molecule has 6 N–H and O–H groups in total. The summed E-state index contributed by atoms with van der Waals surface area (Å²) >= 11 is 0. The smallest absolute Gasteiger partial charge is 0.317 e. The zero-order valence-corrected chi connectivity index (χ0v) is 13.6. The molecule has 25 heavy (non-hydrogen) atoms. The van der Waals surface area contributed by atoms with E-state index in [2.05, 4.69) is 0 Å². The molecular weight excluding hydrogens is 338 g/mol. The van der Waals surface area contributed by atoms with Crippen LogP contribution in [0.3, 0.4) is 0 Å². The van der Waals surface area contributed by atoms with Gasteiger partial charge in [-0.3, -0.25) is 29.0 Å². The number of carboxylic acid groups (broad SMARTS) is 4. The van der Waals surface area contributed by atoms with Gasteiger partial charge in [0.1, 0.15) is 0 Å². The maximum absolute atomic E-state index is 11.1. The number of carboxylic acids is 4. The second kappa shape index (κ2) is 9.30. The Morgan fingerprint density at radius 2 is 1.08 bits per heavy atom. The second-order valence-electron chi connectivity index (χ2n) is 6.09. The van der Waals surface area contributed by atoms with Gasteiger partial charge in [0.05, 0.1) is 26.2 Å². The quantitative estimate of drug-likeness (QED) is 0.295. The predicted octanol–water partition coefficient (Wildman–Crippen LogP) is -1.82. The molecule has 1 rings (SSSR count). The molecule has 1 fully saturated rings. The zero-order valence-electron chi connectivity index (χ0n) is 13.6. The van der Waals surface area contributed by atoms with Crippen LogP contribution in [0.5, 0.6) is 0 Å². The Morgan fingerprint density at radius 3 is 1.44 bits per heavy atom. The number of rotatable bonds is 10. The fraction of sp³-hybridized carbons (Fsp3) is 0.714. The van der Waals surface area contributed by atoms with Gasteiger partial charge in [-0.05, 0) is 19.3 Å². The summed E-state index contributed by atoms with van der Waals surface area (Å²) in [5, 5.41) is 36.2. The first kappa shape index (κ1) is 20.8. The van der Waals surface area contributed by atoms with Crippen molar-refractivity contribution in [2.24, 2.45) is 5.73 Å². The highest BCUT2D eigenvalue weighted by molar-refractivity contribution is 5.73. The molecule has 0 radical (unpaired) electrons. The number of hydrogen-bond acceptors (Lipinski definition) is 7. The first-order valence-electron chi connectivity index (χ1n) is 7.71. The van der Waals surface area contributed by atoms with Gasteiger partial charge in [-0.2, -0.15) is 0 Å². The minimum Gasteiger partial charge on any atom is -0.480 e. The summed E-state index contributed by atoms with van der Waals surface area (Å²) in [6.07, 6.45) is 1.11. The van der Waals surface area contributed by atoms with Crippen LogP contribution in [0, 0.1) is 0 Å². The van der Waals surface area contributed by atoms with Crippen LogP contribution in [-0.4, -0.2) is 98.4 Å². The average Bonchev–Trinajstić information content (AvgIpc) is 2.43. The lowest BCUT2D eigenvalue weighted by Crippen LogP contribution is -2.59. The van der Waals surface area contributed by atoms with Gasteiger partial charge in [-0.15, -0.1) is 0 Å². The SMILES string of the molecule is NC1CC[C@@H](N(CC(=O)O)CC(=O)O)[C@H](N(CC(=O)O)CC(=O)O)C1. The van der Waals surface area contributed by atoms with Crippen molar-refractivity contribution in [3.63, 3.8) is 0 Å². The summed E-state index contributed by atoms with van der Waals surface area (Å²) in [7, 11) is 0. The first-order valence-corrected chi connectivity index (χ1v) is 7.71. The van der Waals surface area contributed by atoms with Gasteiger partial charge in [0.2, 0.25) is 0 Å². The molecule has 142 valence electrons. The Bertz CT molecular complexity index is 494. The Kier molecular flexibility index (Phi) is 7.74. The van der Waals surface area contributed by atoms with Crippen LogP contribution >= 0.6 is 0 Å². The Labute approximate surface area is 143 Å². The lowest BCUT2D eigenvalue weighted by atomic mass is 9.84. The fourth-order valence-electron chi connectivity index (χ4n) is 3.26. The summed E-state index contributed by atoms with van der Waals surface area (Å²) in [5.74, 6) is -4.92. The van der Waals surface area contributed by atoms with Gasteiger partial charge < -0.3 is 26.2 Å². The molecule has 0 bridgehead atoms. The maximum Gasteiger partial charge on any atom is 0.317 e. The molecule has 0 aromatic heterocycles. The molecule has 0 aromatic carbocycles. The van der Waals surface area contributed by atoms with Gasteiger partial charge >= 0.3 is 23.9 Å². The van der Waals surface area contributed by atoms with Crippen LogP contribution in [0.1, 0.15) is 19.3 Å². The van der Waals surface area contributed by atoms with E-state index in [1.165, 1.54) is 9.80 Å². The zero-order chi connectivity index (χ0) is 19.1. The standard InChI is InChI=1S/C14H23N3O8/c15-8-1-2-9(16(4-11(18)19)5-12(20)21)10(3-8)17(6-13(22)23)7-14(24)25/h8-10H,1-7,15H2,(H,18,19)(H,20,21)(H,22,23)(H,24,25)/t8?,9-,10-/m1/s1. The molecule has 0 amide bonds. The molecule has 0 saturated heterocycles. The van der Waals surface area contributed by atoms with E-state index in [1.807, 2.05) is 0 Å². The minimum atomic E-state index is -1.23. The van der Waals surface area contributed by atoms with E-state index in [0.717, 1.165) is 0 Å². The molecular formula is C14H23N3O8. The number of nitrogens with two attached hydrogens (primary N) is 1. The minimum absolute atomic E-state index is 0.251. The number of hydrogen-bond donors (Lipinski definition) is 5. The molecule has 11 nitrogen and oxygen atoms in total. The molecule has 1 aliphatic carbocycles. The van der Waals surface area contributed by atoms with Crippen molar-refractivity contribution in [2.75, 3.05) is 26.2 Å². The molecule has 0 aliphatic heterocycles. The van der Waals surface area contributed by atoms with E-state index in [0.29, 0.717) is 12.8 Å². The Morgan fingerprint density at radius 1 is 0.720 bits per heavy atom. The van der Waals surface area contributed by atoms with E-state index in [1.54, 1.807) is 0 Å². The number of carbonyl (C=O) groups is 4. The van der Waals surface area contributed by atoms with Gasteiger partial charge in [0.15, 0.2) is 0 Å². The van der Waals surface area contributed by atoms with E-state index < -0.39 is 62.1 Å². The van der Waals surface area contributed by atoms with Crippen molar-refractivity contribution in [1.29, 1.82) is 0 Å². The highest BCUT2D eigenvalue weighted by atomic mass is 16.4. The van der Waals surface area contributed by atoms with Crippen LogP contribution in [0.4, 0.5) is 0 Å². The predicted molar refractivity (Wildman–Crippen MR) is 83.1 cm³/mol. The summed E-state index contributed by atoms with van der Waals surface area (Å²) in [5.41, 5.74) is 5.92. The topological polar surface area (TPSA) is 182 Å². The molecule has 1 saturated carbocycles. The van der Waals surface area contributed by atoms with Crippen molar-refractivity contribution in [2.45, 2.75) is 37.4 Å². The van der Waals surface area contributed by atoms with Crippen LogP contribution in [0.15, 0.2) is 0 Å². The van der Waals surface area contributed by atoms with Gasteiger partial charge in [0, 0.05) is 18.1 Å². The normalized spacial score (nSPS) is 23.6. The van der Waals surface area contributed by atoms with Gasteiger partial charge in [-0.25, -0.2) is 0 Å². The number of nitrogens with zero attached hydrogens (tertiary/aromatic N) is 2.